The minimum atomic E-state index is 0.339. The zero-order chi connectivity index (χ0) is 9.42. The first-order valence-corrected chi connectivity index (χ1v) is 4.21. The van der Waals surface area contributed by atoms with Crippen LogP contribution in [0, 0.1) is 11.3 Å². The molecule has 13 heavy (non-hydrogen) atoms. The average Bonchev–Trinajstić information content (AvgIpc) is 2.49. The molecule has 0 saturated carbocycles. The van der Waals surface area contributed by atoms with Gasteiger partial charge in [-0.05, 0) is 15.9 Å². The molecule has 0 radical (unpaired) electrons. The van der Waals surface area contributed by atoms with Crippen LogP contribution < -0.4 is 5.73 Å². The fourth-order valence-corrected chi connectivity index (χ4v) is 1.48. The van der Waals surface area contributed by atoms with Crippen molar-refractivity contribution >= 4 is 27.5 Å². The largest absolute Gasteiger partial charge is 0.384 e. The van der Waals surface area contributed by atoms with Gasteiger partial charge in [0.1, 0.15) is 22.1 Å². The third kappa shape index (κ3) is 1.05. The Kier molecular flexibility index (Phi) is 1.67. The van der Waals surface area contributed by atoms with Gasteiger partial charge in [0.15, 0.2) is 0 Å². The summed E-state index contributed by atoms with van der Waals surface area (Å²) in [6.07, 6.45) is 2.99. The lowest BCUT2D eigenvalue weighted by molar-refractivity contribution is 1.09. The van der Waals surface area contributed by atoms with Crippen molar-refractivity contribution in [3.8, 4) is 6.07 Å². The zero-order valence-corrected chi connectivity index (χ0v) is 7.98. The highest BCUT2D eigenvalue weighted by Crippen LogP contribution is 2.18. The molecule has 0 amide bonds. The molecule has 5 nitrogen and oxygen atoms in total. The maximum atomic E-state index is 8.69. The molecule has 0 spiro atoms. The van der Waals surface area contributed by atoms with Gasteiger partial charge in [0, 0.05) is 0 Å². The molecule has 0 aliphatic carbocycles. The molecule has 2 aromatic heterocycles. The van der Waals surface area contributed by atoms with Crippen molar-refractivity contribution < 1.29 is 0 Å². The summed E-state index contributed by atoms with van der Waals surface area (Å²) < 4.78 is 2.25. The Morgan fingerprint density at radius 3 is 2.85 bits per heavy atom. The molecule has 0 aliphatic heterocycles. The Hall–Kier alpha value is -1.61. The molecule has 0 bridgehead atoms. The van der Waals surface area contributed by atoms with Crippen LogP contribution in [0.1, 0.15) is 5.56 Å². The normalized spacial score (nSPS) is 10.2. The van der Waals surface area contributed by atoms with Gasteiger partial charge in [0.05, 0.1) is 12.4 Å². The van der Waals surface area contributed by atoms with E-state index in [1.54, 1.807) is 10.6 Å². The second-order valence-electron chi connectivity index (χ2n) is 2.39. The maximum absolute atomic E-state index is 8.69. The molecule has 6 heteroatoms. The summed E-state index contributed by atoms with van der Waals surface area (Å²) in [6.45, 7) is 0. The number of halogens is 1. The first-order valence-electron chi connectivity index (χ1n) is 3.41. The number of nitrogen functional groups attached to an aromatic ring is 1. The molecule has 0 aromatic carbocycles. The van der Waals surface area contributed by atoms with Gasteiger partial charge in [-0.15, -0.1) is 0 Å². The van der Waals surface area contributed by atoms with E-state index in [0.29, 0.717) is 21.8 Å². The third-order valence-electron chi connectivity index (χ3n) is 1.65. The minimum Gasteiger partial charge on any atom is -0.384 e. The first-order chi connectivity index (χ1) is 6.24. The van der Waals surface area contributed by atoms with Crippen molar-refractivity contribution in [2.24, 2.45) is 0 Å². The molecule has 0 aliphatic rings. The van der Waals surface area contributed by atoms with Gasteiger partial charge in [-0.3, -0.25) is 4.40 Å². The molecular weight excluding hydrogens is 234 g/mol. The number of fused-ring (bicyclic) bond motifs is 1. The van der Waals surface area contributed by atoms with Gasteiger partial charge >= 0.3 is 0 Å². The van der Waals surface area contributed by atoms with Crippen molar-refractivity contribution in [3.05, 3.63) is 22.6 Å². The lowest BCUT2D eigenvalue weighted by Crippen LogP contribution is -2.01. The van der Waals surface area contributed by atoms with Crippen LogP contribution in [-0.4, -0.2) is 14.4 Å². The van der Waals surface area contributed by atoms with Crippen LogP contribution in [0.3, 0.4) is 0 Å². The van der Waals surface area contributed by atoms with Crippen molar-refractivity contribution in [3.63, 3.8) is 0 Å². The van der Waals surface area contributed by atoms with Crippen molar-refractivity contribution in [2.45, 2.75) is 0 Å². The Bertz CT molecular complexity index is 509. The minimum absolute atomic E-state index is 0.339. The second-order valence-corrected chi connectivity index (χ2v) is 3.20. The number of anilines is 1. The first kappa shape index (κ1) is 8.01. The molecule has 0 unspecified atom stereocenters. The number of nitriles is 1. The molecule has 2 heterocycles. The third-order valence-corrected chi connectivity index (χ3v) is 2.21. The molecule has 2 N–H and O–H groups in total. The molecule has 0 atom stereocenters. The number of rotatable bonds is 0. The van der Waals surface area contributed by atoms with E-state index < -0.39 is 0 Å². The Morgan fingerprint density at radius 1 is 1.46 bits per heavy atom. The molecule has 0 saturated heterocycles. The average molecular weight is 238 g/mol. The van der Waals surface area contributed by atoms with Crippen LogP contribution in [0.25, 0.3) is 5.78 Å². The number of imidazole rings is 1. The predicted molar refractivity (Wildman–Crippen MR) is 49.8 cm³/mol. The van der Waals surface area contributed by atoms with Crippen LogP contribution >= 0.6 is 15.9 Å². The van der Waals surface area contributed by atoms with E-state index in [1.165, 1.54) is 6.20 Å². The van der Waals surface area contributed by atoms with Crippen molar-refractivity contribution in [1.29, 1.82) is 5.26 Å². The molecular formula is C7H4BrN5. The molecule has 2 aromatic rings. The molecule has 0 fully saturated rings. The number of aromatic nitrogens is 3. The second kappa shape index (κ2) is 2.71. The number of nitrogens with two attached hydrogens (primary N) is 1. The van der Waals surface area contributed by atoms with Crippen LogP contribution in [0.15, 0.2) is 17.0 Å². The van der Waals surface area contributed by atoms with E-state index in [2.05, 4.69) is 25.9 Å². The fraction of sp³-hybridized carbons (Fsp3) is 0. The highest BCUT2D eigenvalue weighted by molar-refractivity contribution is 9.10. The highest BCUT2D eigenvalue weighted by Gasteiger charge is 2.08. The predicted octanol–water partition coefficient (Wildman–Crippen LogP) is 0.946. The number of hydrogen-bond acceptors (Lipinski definition) is 4. The SMILES string of the molecule is N#Cc1cnc2ncc(Br)n2c1N. The lowest BCUT2D eigenvalue weighted by Gasteiger charge is -2.00. The summed E-state index contributed by atoms with van der Waals surface area (Å²) in [5, 5.41) is 8.69. The summed E-state index contributed by atoms with van der Waals surface area (Å²) in [6, 6.07) is 1.95. The van der Waals surface area contributed by atoms with Crippen molar-refractivity contribution in [2.75, 3.05) is 5.73 Å². The Balaban J connectivity index is 2.93. The Morgan fingerprint density at radius 2 is 2.15 bits per heavy atom. The lowest BCUT2D eigenvalue weighted by atomic mass is 10.3. The van der Waals surface area contributed by atoms with Gasteiger partial charge in [-0.1, -0.05) is 0 Å². The van der Waals surface area contributed by atoms with Crippen LogP contribution in [0.2, 0.25) is 0 Å². The van der Waals surface area contributed by atoms with Gasteiger partial charge in [-0.2, -0.15) is 5.26 Å². The number of nitrogens with zero attached hydrogens (tertiary/aromatic N) is 4. The van der Waals surface area contributed by atoms with Gasteiger partial charge in [-0.25, -0.2) is 9.97 Å². The fourth-order valence-electron chi connectivity index (χ4n) is 1.03. The number of hydrogen-bond donors (Lipinski definition) is 1. The topological polar surface area (TPSA) is 80.0 Å². The summed E-state index contributed by atoms with van der Waals surface area (Å²) in [5.41, 5.74) is 6.04. The van der Waals surface area contributed by atoms with Gasteiger partial charge in [0.2, 0.25) is 5.78 Å². The van der Waals surface area contributed by atoms with Crippen LogP contribution in [0.5, 0.6) is 0 Å². The summed E-state index contributed by atoms with van der Waals surface area (Å²) >= 11 is 3.25. The van der Waals surface area contributed by atoms with E-state index >= 15 is 0 Å². The van der Waals surface area contributed by atoms with E-state index in [4.69, 9.17) is 11.0 Å². The van der Waals surface area contributed by atoms with Crippen LogP contribution in [-0.2, 0) is 0 Å². The standard InChI is InChI=1S/C7H4BrN5/c8-5-3-12-7-11-2-4(1-9)6(10)13(5)7/h2-3H,10H2. The van der Waals surface area contributed by atoms with E-state index in [-0.39, 0.29) is 0 Å². The quantitative estimate of drug-likeness (QED) is 0.740. The van der Waals surface area contributed by atoms with Crippen LogP contribution in [0.4, 0.5) is 5.82 Å². The maximum Gasteiger partial charge on any atom is 0.236 e. The van der Waals surface area contributed by atoms with E-state index in [0.717, 1.165) is 0 Å². The van der Waals surface area contributed by atoms with E-state index in [1.807, 2.05) is 6.07 Å². The zero-order valence-electron chi connectivity index (χ0n) is 6.40. The van der Waals surface area contributed by atoms with Gasteiger partial charge < -0.3 is 5.73 Å². The van der Waals surface area contributed by atoms with Gasteiger partial charge in [0.25, 0.3) is 0 Å². The summed E-state index contributed by atoms with van der Waals surface area (Å²) in [5.74, 6) is 0.820. The van der Waals surface area contributed by atoms with Crippen molar-refractivity contribution in [1.82, 2.24) is 14.4 Å². The van der Waals surface area contributed by atoms with E-state index in [9.17, 15) is 0 Å². The monoisotopic (exact) mass is 237 g/mol. The highest BCUT2D eigenvalue weighted by atomic mass is 79.9. The summed E-state index contributed by atoms with van der Waals surface area (Å²) in [7, 11) is 0. The molecule has 64 valence electrons. The summed E-state index contributed by atoms with van der Waals surface area (Å²) in [4.78, 5) is 7.92. The molecule has 2 rings (SSSR count). The smallest absolute Gasteiger partial charge is 0.236 e. The Labute approximate surface area is 82.0 Å².